The molecule has 0 amide bonds. The molecular formula is C9H19N. The third-order valence-corrected chi connectivity index (χ3v) is 3.28. The summed E-state index contributed by atoms with van der Waals surface area (Å²) in [6, 6.07) is 0. The molecule has 0 aromatic carbocycles. The van der Waals surface area contributed by atoms with Gasteiger partial charge in [0.25, 0.3) is 0 Å². The van der Waals surface area contributed by atoms with E-state index in [0.717, 1.165) is 5.92 Å². The first-order valence-electron chi connectivity index (χ1n) is 4.33. The van der Waals surface area contributed by atoms with Gasteiger partial charge in [0, 0.05) is 0 Å². The first kappa shape index (κ1) is 8.06. The first-order chi connectivity index (χ1) is 4.69. The van der Waals surface area contributed by atoms with Crippen LogP contribution in [0.3, 0.4) is 0 Å². The first-order valence-corrected chi connectivity index (χ1v) is 4.33. The SMILES string of the molecule is CNCCC1(C)CCC1C. The second-order valence-electron chi connectivity index (χ2n) is 3.95. The van der Waals surface area contributed by atoms with Crippen molar-refractivity contribution in [2.45, 2.75) is 33.1 Å². The van der Waals surface area contributed by atoms with E-state index in [-0.39, 0.29) is 0 Å². The molecule has 0 aromatic rings. The summed E-state index contributed by atoms with van der Waals surface area (Å²) in [4.78, 5) is 0. The van der Waals surface area contributed by atoms with Crippen LogP contribution in [-0.2, 0) is 0 Å². The van der Waals surface area contributed by atoms with Gasteiger partial charge in [-0.1, -0.05) is 13.8 Å². The Labute approximate surface area is 64.2 Å². The van der Waals surface area contributed by atoms with Gasteiger partial charge in [0.15, 0.2) is 0 Å². The van der Waals surface area contributed by atoms with Crippen molar-refractivity contribution in [2.24, 2.45) is 11.3 Å². The highest BCUT2D eigenvalue weighted by molar-refractivity contribution is 4.89. The molecule has 0 spiro atoms. The van der Waals surface area contributed by atoms with Gasteiger partial charge in [-0.3, -0.25) is 0 Å². The maximum atomic E-state index is 3.21. The maximum Gasteiger partial charge on any atom is -0.00466 e. The summed E-state index contributed by atoms with van der Waals surface area (Å²) in [5.74, 6) is 0.959. The van der Waals surface area contributed by atoms with Gasteiger partial charge < -0.3 is 5.32 Å². The Bertz CT molecular complexity index is 111. The van der Waals surface area contributed by atoms with Crippen LogP contribution in [0.5, 0.6) is 0 Å². The van der Waals surface area contributed by atoms with Crippen molar-refractivity contribution in [3.63, 3.8) is 0 Å². The fourth-order valence-electron chi connectivity index (χ4n) is 1.71. The molecule has 2 unspecified atom stereocenters. The van der Waals surface area contributed by atoms with E-state index >= 15 is 0 Å². The molecule has 1 N–H and O–H groups in total. The van der Waals surface area contributed by atoms with Crippen LogP contribution >= 0.6 is 0 Å². The predicted octanol–water partition coefficient (Wildman–Crippen LogP) is 2.03. The topological polar surface area (TPSA) is 12.0 Å². The van der Waals surface area contributed by atoms with Gasteiger partial charge in [-0.2, -0.15) is 0 Å². The van der Waals surface area contributed by atoms with Crippen LogP contribution in [0.2, 0.25) is 0 Å². The fourth-order valence-corrected chi connectivity index (χ4v) is 1.71. The van der Waals surface area contributed by atoms with Crippen molar-refractivity contribution >= 4 is 0 Å². The number of hydrogen-bond donors (Lipinski definition) is 1. The summed E-state index contributed by atoms with van der Waals surface area (Å²) in [6.07, 6.45) is 4.24. The van der Waals surface area contributed by atoms with Crippen LogP contribution in [0, 0.1) is 11.3 Å². The highest BCUT2D eigenvalue weighted by Gasteiger charge is 2.38. The molecule has 10 heavy (non-hydrogen) atoms. The van der Waals surface area contributed by atoms with E-state index in [2.05, 4.69) is 19.2 Å². The van der Waals surface area contributed by atoms with Crippen molar-refractivity contribution < 1.29 is 0 Å². The Kier molecular flexibility index (Phi) is 2.35. The van der Waals surface area contributed by atoms with E-state index in [1.807, 2.05) is 7.05 Å². The van der Waals surface area contributed by atoms with Crippen molar-refractivity contribution in [3.8, 4) is 0 Å². The van der Waals surface area contributed by atoms with E-state index in [9.17, 15) is 0 Å². The lowest BCUT2D eigenvalue weighted by Gasteiger charge is -2.45. The van der Waals surface area contributed by atoms with Crippen LogP contribution in [0.15, 0.2) is 0 Å². The van der Waals surface area contributed by atoms with Gasteiger partial charge in [0.05, 0.1) is 0 Å². The minimum absolute atomic E-state index is 0.670. The van der Waals surface area contributed by atoms with Crippen molar-refractivity contribution in [3.05, 3.63) is 0 Å². The quantitative estimate of drug-likeness (QED) is 0.634. The van der Waals surface area contributed by atoms with Gasteiger partial charge >= 0.3 is 0 Å². The lowest BCUT2D eigenvalue weighted by atomic mass is 9.60. The number of hydrogen-bond acceptors (Lipinski definition) is 1. The minimum atomic E-state index is 0.670. The molecule has 1 rings (SSSR count). The molecule has 0 saturated heterocycles. The lowest BCUT2D eigenvalue weighted by molar-refractivity contribution is 0.0563. The van der Waals surface area contributed by atoms with Crippen LogP contribution in [0.25, 0.3) is 0 Å². The Morgan fingerprint density at radius 1 is 1.60 bits per heavy atom. The largest absolute Gasteiger partial charge is 0.320 e. The zero-order valence-electron chi connectivity index (χ0n) is 7.41. The molecule has 0 bridgehead atoms. The second kappa shape index (κ2) is 2.91. The summed E-state index contributed by atoms with van der Waals surface area (Å²) >= 11 is 0. The van der Waals surface area contributed by atoms with Crippen molar-refractivity contribution in [2.75, 3.05) is 13.6 Å². The maximum absolute atomic E-state index is 3.21. The predicted molar refractivity (Wildman–Crippen MR) is 45.0 cm³/mol. The molecule has 0 heterocycles. The highest BCUT2D eigenvalue weighted by atomic mass is 14.8. The highest BCUT2D eigenvalue weighted by Crippen LogP contribution is 2.48. The monoisotopic (exact) mass is 141 g/mol. The minimum Gasteiger partial charge on any atom is -0.320 e. The third kappa shape index (κ3) is 1.34. The summed E-state index contributed by atoms with van der Waals surface area (Å²) in [5, 5.41) is 3.21. The van der Waals surface area contributed by atoms with E-state index < -0.39 is 0 Å². The second-order valence-corrected chi connectivity index (χ2v) is 3.95. The molecule has 60 valence electrons. The third-order valence-electron chi connectivity index (χ3n) is 3.28. The molecule has 2 atom stereocenters. The molecule has 1 saturated carbocycles. The van der Waals surface area contributed by atoms with E-state index in [1.54, 1.807) is 0 Å². The van der Waals surface area contributed by atoms with Crippen LogP contribution in [0.1, 0.15) is 33.1 Å². The molecule has 1 aliphatic carbocycles. The smallest absolute Gasteiger partial charge is 0.00466 e. The molecule has 1 aliphatic rings. The van der Waals surface area contributed by atoms with Crippen molar-refractivity contribution in [1.29, 1.82) is 0 Å². The van der Waals surface area contributed by atoms with Gasteiger partial charge in [-0.15, -0.1) is 0 Å². The summed E-state index contributed by atoms with van der Waals surface area (Å²) in [6.45, 7) is 5.97. The molecule has 1 nitrogen and oxygen atoms in total. The molecule has 0 aromatic heterocycles. The van der Waals surface area contributed by atoms with Crippen LogP contribution in [-0.4, -0.2) is 13.6 Å². The van der Waals surface area contributed by atoms with E-state index in [1.165, 1.54) is 25.8 Å². The Morgan fingerprint density at radius 2 is 2.30 bits per heavy atom. The Morgan fingerprint density at radius 3 is 2.60 bits per heavy atom. The normalized spacial score (nSPS) is 39.3. The summed E-state index contributed by atoms with van der Waals surface area (Å²) < 4.78 is 0. The van der Waals surface area contributed by atoms with Crippen LogP contribution < -0.4 is 5.32 Å². The average molecular weight is 141 g/mol. The molecule has 0 aliphatic heterocycles. The Hall–Kier alpha value is -0.0400. The Balaban J connectivity index is 2.24. The summed E-state index contributed by atoms with van der Waals surface area (Å²) in [7, 11) is 2.03. The number of nitrogens with one attached hydrogen (secondary N) is 1. The molecule has 0 radical (unpaired) electrons. The molecule has 1 fully saturated rings. The standard InChI is InChI=1S/C9H19N/c1-8-4-5-9(8,2)6-7-10-3/h8,10H,4-7H2,1-3H3. The van der Waals surface area contributed by atoms with Gasteiger partial charge in [0.2, 0.25) is 0 Å². The average Bonchev–Trinajstić information content (AvgIpc) is 1.97. The fraction of sp³-hybridized carbons (Fsp3) is 1.00. The zero-order valence-corrected chi connectivity index (χ0v) is 7.41. The van der Waals surface area contributed by atoms with E-state index in [4.69, 9.17) is 0 Å². The molecule has 1 heteroatoms. The van der Waals surface area contributed by atoms with Crippen LogP contribution in [0.4, 0.5) is 0 Å². The summed E-state index contributed by atoms with van der Waals surface area (Å²) in [5.41, 5.74) is 0.670. The molecular weight excluding hydrogens is 122 g/mol. The van der Waals surface area contributed by atoms with Gasteiger partial charge in [-0.05, 0) is 44.2 Å². The number of rotatable bonds is 3. The zero-order chi connectivity index (χ0) is 7.61. The van der Waals surface area contributed by atoms with Gasteiger partial charge in [-0.25, -0.2) is 0 Å². The van der Waals surface area contributed by atoms with E-state index in [0.29, 0.717) is 5.41 Å². The van der Waals surface area contributed by atoms with Crippen molar-refractivity contribution in [1.82, 2.24) is 5.32 Å². The lowest BCUT2D eigenvalue weighted by Crippen LogP contribution is -2.37. The van der Waals surface area contributed by atoms with Gasteiger partial charge in [0.1, 0.15) is 0 Å².